The molecule has 0 aromatic heterocycles. The third-order valence-electron chi connectivity index (χ3n) is 13.2. The van der Waals surface area contributed by atoms with Gasteiger partial charge in [0.15, 0.2) is 23.0 Å². The molecule has 0 aliphatic heterocycles. The van der Waals surface area contributed by atoms with Gasteiger partial charge in [0.2, 0.25) is 0 Å². The Morgan fingerprint density at radius 1 is 0.329 bits per heavy atom. The number of ether oxygens (including phenoxy) is 8. The summed E-state index contributed by atoms with van der Waals surface area (Å²) in [6.45, 7) is 16.8. The van der Waals surface area contributed by atoms with Gasteiger partial charge in [0, 0.05) is 156 Å². The average molecular weight is 1280 g/mol. The molecule has 0 amide bonds. The van der Waals surface area contributed by atoms with Crippen LogP contribution in [0.5, 0.6) is 46.0 Å². The number of hydrogen-bond donors (Lipinski definition) is 0. The van der Waals surface area contributed by atoms with Crippen LogP contribution in [0.3, 0.4) is 0 Å². The van der Waals surface area contributed by atoms with Gasteiger partial charge in [-0.3, -0.25) is 38.4 Å². The lowest BCUT2D eigenvalue weighted by Crippen LogP contribution is -2.18. The first kappa shape index (κ1) is 62.3. The molecule has 1 aliphatic carbocycles. The number of hydrogen-bond acceptors (Lipinski definition) is 18. The molecule has 6 aromatic rings. The fourth-order valence-electron chi connectivity index (χ4n) is 9.71. The molecule has 0 saturated heterocycles. The molecular formula is C62H58Br2O16S2. The predicted octanol–water partition coefficient (Wildman–Crippen LogP) is 14.1. The van der Waals surface area contributed by atoms with Crippen molar-refractivity contribution in [2.75, 3.05) is 0 Å². The van der Waals surface area contributed by atoms with Crippen LogP contribution in [0.15, 0.2) is 104 Å². The van der Waals surface area contributed by atoms with E-state index in [1.54, 1.807) is 52.0 Å². The molecule has 4 atom stereocenters. The molecule has 0 N–H and O–H groups in total. The first-order valence-electron chi connectivity index (χ1n) is 25.7. The first-order chi connectivity index (χ1) is 38.8. The molecule has 82 heavy (non-hydrogen) atoms. The van der Waals surface area contributed by atoms with E-state index in [0.29, 0.717) is 22.3 Å². The standard InChI is InChI=1S/C62H58Br2O16S2/c1-29-43-23-44(56(74-34(6)66)51(55(43)73-33(5)65)27-81-41-19-15-13-16-20-41)30(2)49-26-50(62(80-40(12)72)54(64)61(49)79-39(11)71)32(4)46-24-45(31(3)48-25-47(29)59(77-37(9)69)53(63)60(48)78-38(10)70)57(75-35(7)67)52(58(46)76-36(8)68)28-82-42-21-17-14-18-22-42/h13-26,29-32H,27-28H2,1-12H3. The van der Waals surface area contributed by atoms with Gasteiger partial charge < -0.3 is 37.9 Å². The minimum absolute atomic E-state index is 0.00428. The zero-order valence-electron chi connectivity index (χ0n) is 46.9. The van der Waals surface area contributed by atoms with Crippen molar-refractivity contribution in [3.05, 3.63) is 150 Å². The second-order valence-electron chi connectivity index (χ2n) is 19.3. The van der Waals surface area contributed by atoms with E-state index < -0.39 is 71.4 Å². The maximum Gasteiger partial charge on any atom is 0.308 e. The van der Waals surface area contributed by atoms with Gasteiger partial charge in [0.1, 0.15) is 31.9 Å². The van der Waals surface area contributed by atoms with Gasteiger partial charge in [-0.1, -0.05) is 64.1 Å². The van der Waals surface area contributed by atoms with Gasteiger partial charge in [-0.05, 0) is 80.4 Å². The molecule has 0 fully saturated rings. The number of fused-ring (bicyclic) bond motifs is 8. The van der Waals surface area contributed by atoms with E-state index in [1.807, 2.05) is 60.7 Å². The number of halogens is 2. The Bertz CT molecular complexity index is 3160. The van der Waals surface area contributed by atoms with Crippen LogP contribution in [0, 0.1) is 0 Å². The molecule has 0 saturated carbocycles. The smallest absolute Gasteiger partial charge is 0.308 e. The van der Waals surface area contributed by atoms with E-state index >= 15 is 0 Å². The molecule has 8 bridgehead atoms. The molecule has 16 nitrogen and oxygen atoms in total. The van der Waals surface area contributed by atoms with Gasteiger partial charge in [0.05, 0.1) is 0 Å². The lowest BCUT2D eigenvalue weighted by Gasteiger charge is -2.31. The van der Waals surface area contributed by atoms with Gasteiger partial charge in [-0.25, -0.2) is 0 Å². The molecule has 4 unspecified atom stereocenters. The van der Waals surface area contributed by atoms with Crippen LogP contribution in [-0.2, 0) is 49.9 Å². The summed E-state index contributed by atoms with van der Waals surface area (Å²) in [5.41, 5.74) is 2.93. The van der Waals surface area contributed by atoms with Crippen LogP contribution < -0.4 is 37.9 Å². The normalized spacial score (nSPS) is 15.3. The van der Waals surface area contributed by atoms with Gasteiger partial charge in [-0.15, -0.1) is 23.5 Å². The fourth-order valence-corrected chi connectivity index (χ4v) is 12.8. The molecule has 1 aliphatic rings. The van der Waals surface area contributed by atoms with Crippen molar-refractivity contribution < 1.29 is 76.3 Å². The lowest BCUT2D eigenvalue weighted by atomic mass is 9.79. The maximum atomic E-state index is 13.5. The van der Waals surface area contributed by atoms with Crippen molar-refractivity contribution in [1.82, 2.24) is 0 Å². The highest BCUT2D eigenvalue weighted by Crippen LogP contribution is 2.57. The third kappa shape index (κ3) is 14.1. The topological polar surface area (TPSA) is 210 Å². The second-order valence-corrected chi connectivity index (χ2v) is 23.0. The Morgan fingerprint density at radius 2 is 0.512 bits per heavy atom. The van der Waals surface area contributed by atoms with Crippen molar-refractivity contribution in [1.29, 1.82) is 0 Å². The molecule has 0 spiro atoms. The predicted molar refractivity (Wildman–Crippen MR) is 314 cm³/mol. The molecule has 20 heteroatoms. The highest BCUT2D eigenvalue weighted by molar-refractivity contribution is 9.11. The number of thioether (sulfide) groups is 2. The number of rotatable bonds is 14. The Kier molecular flexibility index (Phi) is 20.3. The van der Waals surface area contributed by atoms with E-state index in [1.165, 1.54) is 78.9 Å². The summed E-state index contributed by atoms with van der Waals surface area (Å²) >= 11 is 10.1. The second kappa shape index (κ2) is 26.8. The highest BCUT2D eigenvalue weighted by atomic mass is 79.9. The minimum Gasteiger partial charge on any atom is -0.426 e. The van der Waals surface area contributed by atoms with Gasteiger partial charge >= 0.3 is 47.8 Å². The van der Waals surface area contributed by atoms with Crippen LogP contribution in [0.4, 0.5) is 0 Å². The Labute approximate surface area is 499 Å². The Morgan fingerprint density at radius 3 is 0.707 bits per heavy atom. The van der Waals surface area contributed by atoms with E-state index in [2.05, 4.69) is 31.9 Å². The van der Waals surface area contributed by atoms with E-state index in [4.69, 9.17) is 37.9 Å². The number of esters is 8. The molecule has 428 valence electrons. The summed E-state index contributed by atoms with van der Waals surface area (Å²) in [5, 5.41) is 0. The van der Waals surface area contributed by atoms with Gasteiger partial charge in [0.25, 0.3) is 0 Å². The summed E-state index contributed by atoms with van der Waals surface area (Å²) in [6.07, 6.45) is 0. The van der Waals surface area contributed by atoms with Crippen molar-refractivity contribution >= 4 is 103 Å². The molecular weight excluding hydrogens is 1220 g/mol. The van der Waals surface area contributed by atoms with Crippen LogP contribution in [0.1, 0.15) is 162 Å². The fraction of sp³-hybridized carbons (Fsp3) is 0.290. The molecule has 6 aromatic carbocycles. The highest BCUT2D eigenvalue weighted by Gasteiger charge is 2.38. The summed E-state index contributed by atoms with van der Waals surface area (Å²) in [6, 6.07) is 25.4. The largest absolute Gasteiger partial charge is 0.426 e. The minimum atomic E-state index is -0.961. The molecule has 0 heterocycles. The summed E-state index contributed by atoms with van der Waals surface area (Å²) in [4.78, 5) is 109. The zero-order chi connectivity index (χ0) is 60.0. The van der Waals surface area contributed by atoms with Crippen molar-refractivity contribution in [2.24, 2.45) is 0 Å². The SMILES string of the molecule is CC(=O)Oc1c2cc(c(OC(C)=O)c1Br)C(C)c1cc(c(OC(C)=O)c(CSc3ccccc3)c1OC(C)=O)C(C)c1cc(c(OC(C)=O)c(Br)c1OC(C)=O)C(C)c1cc(c(OC(C)=O)c(CSc3ccccc3)c1OC(C)=O)C2C. The van der Waals surface area contributed by atoms with Crippen molar-refractivity contribution in [3.63, 3.8) is 0 Å². The Hall–Kier alpha value is -7.26. The number of benzene rings is 6. The van der Waals surface area contributed by atoms with Crippen molar-refractivity contribution in [2.45, 2.75) is 128 Å². The summed E-state index contributed by atoms with van der Waals surface area (Å²) < 4.78 is 49.3. The van der Waals surface area contributed by atoms with Gasteiger partial charge in [-0.2, -0.15) is 0 Å². The Balaban J connectivity index is 1.79. The number of carbonyl (C=O) groups excluding carboxylic acids is 8. The van der Waals surface area contributed by atoms with Crippen LogP contribution in [-0.4, -0.2) is 47.8 Å². The van der Waals surface area contributed by atoms with Crippen molar-refractivity contribution in [3.8, 4) is 46.0 Å². The number of carbonyl (C=O) groups is 8. The van der Waals surface area contributed by atoms with E-state index in [0.717, 1.165) is 9.79 Å². The third-order valence-corrected chi connectivity index (χ3v) is 16.7. The monoisotopic (exact) mass is 1280 g/mol. The first-order valence-corrected chi connectivity index (χ1v) is 29.3. The summed E-state index contributed by atoms with van der Waals surface area (Å²) in [7, 11) is 0. The quantitative estimate of drug-likeness (QED) is 0.0564. The average Bonchev–Trinajstić information content (AvgIpc) is 3.46. The van der Waals surface area contributed by atoms with Crippen LogP contribution in [0.25, 0.3) is 0 Å². The molecule has 7 rings (SSSR count). The summed E-state index contributed by atoms with van der Waals surface area (Å²) in [5.74, 6) is -9.99. The van der Waals surface area contributed by atoms with Crippen LogP contribution >= 0.6 is 55.4 Å². The van der Waals surface area contributed by atoms with E-state index in [9.17, 15) is 38.4 Å². The zero-order valence-corrected chi connectivity index (χ0v) is 51.7. The van der Waals surface area contributed by atoms with Crippen LogP contribution in [0.2, 0.25) is 0 Å². The maximum absolute atomic E-state index is 13.5. The van der Waals surface area contributed by atoms with E-state index in [-0.39, 0.29) is 99.8 Å². The lowest BCUT2D eigenvalue weighted by molar-refractivity contribution is -0.133. The molecule has 0 radical (unpaired) electrons.